The highest BCUT2D eigenvalue weighted by atomic mass is 16.1. The summed E-state index contributed by atoms with van der Waals surface area (Å²) in [6.07, 6.45) is 0. The number of Topliss-reactive ketones (excluding diaryl/α,β-unsaturated/α-hetero) is 1. The van der Waals surface area contributed by atoms with Crippen LogP contribution in [0.4, 0.5) is 0 Å². The summed E-state index contributed by atoms with van der Waals surface area (Å²) in [6, 6.07) is 10.7. The Hall–Kier alpha value is -1.15. The second-order valence-corrected chi connectivity index (χ2v) is 5.11. The van der Waals surface area contributed by atoms with Crippen molar-refractivity contribution in [2.24, 2.45) is 5.92 Å². The predicted molar refractivity (Wildman–Crippen MR) is 71.8 cm³/mol. The monoisotopic (exact) mass is 233 g/mol. The van der Waals surface area contributed by atoms with Gasteiger partial charge in [-0.1, -0.05) is 44.2 Å². The zero-order valence-corrected chi connectivity index (χ0v) is 11.3. The van der Waals surface area contributed by atoms with Gasteiger partial charge in [0, 0.05) is 18.5 Å². The average Bonchev–Trinajstić information content (AvgIpc) is 2.29. The molecule has 0 radical (unpaired) electrons. The average molecular weight is 233 g/mol. The van der Waals surface area contributed by atoms with E-state index < -0.39 is 0 Å². The van der Waals surface area contributed by atoms with Gasteiger partial charge in [0.2, 0.25) is 0 Å². The number of benzene rings is 1. The first kappa shape index (κ1) is 13.9. The molecule has 0 aliphatic heterocycles. The molecule has 0 spiro atoms. The van der Waals surface area contributed by atoms with Crippen LogP contribution in [0.5, 0.6) is 0 Å². The highest BCUT2D eigenvalue weighted by molar-refractivity contribution is 5.82. The molecule has 0 bridgehead atoms. The number of ketones is 1. The maximum atomic E-state index is 11.8. The zero-order valence-electron chi connectivity index (χ0n) is 11.3. The van der Waals surface area contributed by atoms with Crippen molar-refractivity contribution in [2.45, 2.75) is 40.3 Å². The highest BCUT2D eigenvalue weighted by Crippen LogP contribution is 2.09. The van der Waals surface area contributed by atoms with Crippen LogP contribution in [0.2, 0.25) is 0 Å². The number of carbonyl (C=O) groups excluding carboxylic acids is 1. The molecule has 0 unspecified atom stereocenters. The SMILES string of the molecule is CC(C)C(=O)CN(Cc1ccccc1)C(C)C. The van der Waals surface area contributed by atoms with Gasteiger partial charge in [0.1, 0.15) is 5.78 Å². The van der Waals surface area contributed by atoms with Crippen LogP contribution in [0.15, 0.2) is 30.3 Å². The Kier molecular flexibility index (Phi) is 5.36. The van der Waals surface area contributed by atoms with E-state index in [1.54, 1.807) is 0 Å². The van der Waals surface area contributed by atoms with E-state index in [0.717, 1.165) is 6.54 Å². The molecule has 0 saturated heterocycles. The second-order valence-electron chi connectivity index (χ2n) is 5.11. The topological polar surface area (TPSA) is 20.3 Å². The van der Waals surface area contributed by atoms with Gasteiger partial charge in [0.25, 0.3) is 0 Å². The number of rotatable bonds is 6. The molecular formula is C15H23NO. The number of carbonyl (C=O) groups is 1. The van der Waals surface area contributed by atoms with Crippen molar-refractivity contribution in [3.8, 4) is 0 Å². The predicted octanol–water partition coefficient (Wildman–Crippen LogP) is 3.12. The van der Waals surface area contributed by atoms with Crippen LogP contribution in [-0.4, -0.2) is 23.3 Å². The van der Waals surface area contributed by atoms with Gasteiger partial charge in [-0.25, -0.2) is 0 Å². The lowest BCUT2D eigenvalue weighted by molar-refractivity contribution is -0.123. The Morgan fingerprint density at radius 2 is 1.71 bits per heavy atom. The molecule has 0 amide bonds. The molecule has 94 valence electrons. The van der Waals surface area contributed by atoms with Crippen molar-refractivity contribution in [2.75, 3.05) is 6.54 Å². The molecule has 2 heteroatoms. The third kappa shape index (κ3) is 4.70. The second kappa shape index (κ2) is 6.55. The largest absolute Gasteiger partial charge is 0.298 e. The normalized spacial score (nSPS) is 11.5. The summed E-state index contributed by atoms with van der Waals surface area (Å²) in [7, 11) is 0. The van der Waals surface area contributed by atoms with E-state index in [-0.39, 0.29) is 5.92 Å². The minimum absolute atomic E-state index is 0.118. The van der Waals surface area contributed by atoms with E-state index in [4.69, 9.17) is 0 Å². The summed E-state index contributed by atoms with van der Waals surface area (Å²) in [4.78, 5) is 14.0. The maximum absolute atomic E-state index is 11.8. The van der Waals surface area contributed by atoms with Gasteiger partial charge in [-0.2, -0.15) is 0 Å². The molecular weight excluding hydrogens is 210 g/mol. The lowest BCUT2D eigenvalue weighted by Crippen LogP contribution is -2.36. The van der Waals surface area contributed by atoms with Crippen LogP contribution in [0, 0.1) is 5.92 Å². The molecule has 0 N–H and O–H groups in total. The third-order valence-electron chi connectivity index (χ3n) is 2.96. The summed E-state index contributed by atoms with van der Waals surface area (Å²) in [5.41, 5.74) is 1.26. The molecule has 17 heavy (non-hydrogen) atoms. The molecule has 0 saturated carbocycles. The van der Waals surface area contributed by atoms with Gasteiger partial charge in [0.05, 0.1) is 6.54 Å². The van der Waals surface area contributed by atoms with Crippen molar-refractivity contribution >= 4 is 5.78 Å². The molecule has 1 aromatic carbocycles. The molecule has 0 aliphatic carbocycles. The van der Waals surface area contributed by atoms with E-state index in [1.807, 2.05) is 32.0 Å². The number of hydrogen-bond donors (Lipinski definition) is 0. The van der Waals surface area contributed by atoms with Crippen LogP contribution in [-0.2, 0) is 11.3 Å². The van der Waals surface area contributed by atoms with Crippen molar-refractivity contribution in [3.05, 3.63) is 35.9 Å². The van der Waals surface area contributed by atoms with Gasteiger partial charge in [-0.05, 0) is 19.4 Å². The Labute approximate surface area is 105 Å². The first-order chi connectivity index (χ1) is 8.00. The quantitative estimate of drug-likeness (QED) is 0.752. The van der Waals surface area contributed by atoms with Gasteiger partial charge in [-0.15, -0.1) is 0 Å². The van der Waals surface area contributed by atoms with Crippen LogP contribution < -0.4 is 0 Å². The summed E-state index contributed by atoms with van der Waals surface area (Å²) >= 11 is 0. The highest BCUT2D eigenvalue weighted by Gasteiger charge is 2.16. The Bertz CT molecular complexity index is 343. The Morgan fingerprint density at radius 3 is 2.18 bits per heavy atom. The minimum atomic E-state index is 0.118. The molecule has 1 aromatic rings. The molecule has 0 fully saturated rings. The fourth-order valence-corrected chi connectivity index (χ4v) is 1.62. The molecule has 2 nitrogen and oxygen atoms in total. The third-order valence-corrected chi connectivity index (χ3v) is 2.96. The molecule has 0 aromatic heterocycles. The van der Waals surface area contributed by atoms with Crippen LogP contribution >= 0.6 is 0 Å². The van der Waals surface area contributed by atoms with E-state index >= 15 is 0 Å². The van der Waals surface area contributed by atoms with Crippen molar-refractivity contribution in [3.63, 3.8) is 0 Å². The van der Waals surface area contributed by atoms with Gasteiger partial charge >= 0.3 is 0 Å². The molecule has 1 rings (SSSR count). The minimum Gasteiger partial charge on any atom is -0.298 e. The molecule has 0 aliphatic rings. The standard InChI is InChI=1S/C15H23NO/c1-12(2)15(17)11-16(13(3)4)10-14-8-6-5-7-9-14/h5-9,12-13H,10-11H2,1-4H3. The summed E-state index contributed by atoms with van der Waals surface area (Å²) in [5.74, 6) is 0.432. The van der Waals surface area contributed by atoms with Gasteiger partial charge in [-0.3, -0.25) is 9.69 Å². The van der Waals surface area contributed by atoms with E-state index in [1.165, 1.54) is 5.56 Å². The van der Waals surface area contributed by atoms with Gasteiger partial charge in [0.15, 0.2) is 0 Å². The van der Waals surface area contributed by atoms with Gasteiger partial charge < -0.3 is 0 Å². The first-order valence-corrected chi connectivity index (χ1v) is 6.31. The zero-order chi connectivity index (χ0) is 12.8. The summed E-state index contributed by atoms with van der Waals surface area (Å²) in [6.45, 7) is 9.58. The fourth-order valence-electron chi connectivity index (χ4n) is 1.62. The molecule has 0 atom stereocenters. The fraction of sp³-hybridized carbons (Fsp3) is 0.533. The Morgan fingerprint density at radius 1 is 1.12 bits per heavy atom. The van der Waals surface area contributed by atoms with E-state index in [9.17, 15) is 4.79 Å². The summed E-state index contributed by atoms with van der Waals surface area (Å²) in [5, 5.41) is 0. The summed E-state index contributed by atoms with van der Waals surface area (Å²) < 4.78 is 0. The van der Waals surface area contributed by atoms with Crippen LogP contribution in [0.1, 0.15) is 33.3 Å². The Balaban J connectivity index is 2.64. The van der Waals surface area contributed by atoms with E-state index in [0.29, 0.717) is 18.4 Å². The first-order valence-electron chi connectivity index (χ1n) is 6.31. The number of nitrogens with zero attached hydrogens (tertiary/aromatic N) is 1. The maximum Gasteiger partial charge on any atom is 0.149 e. The lowest BCUT2D eigenvalue weighted by atomic mass is 10.1. The lowest BCUT2D eigenvalue weighted by Gasteiger charge is -2.26. The smallest absolute Gasteiger partial charge is 0.149 e. The molecule has 0 heterocycles. The van der Waals surface area contributed by atoms with Crippen LogP contribution in [0.3, 0.4) is 0 Å². The van der Waals surface area contributed by atoms with Crippen molar-refractivity contribution in [1.29, 1.82) is 0 Å². The van der Waals surface area contributed by atoms with Crippen molar-refractivity contribution < 1.29 is 4.79 Å². The van der Waals surface area contributed by atoms with E-state index in [2.05, 4.69) is 30.9 Å². The van der Waals surface area contributed by atoms with Crippen molar-refractivity contribution in [1.82, 2.24) is 4.90 Å². The van der Waals surface area contributed by atoms with Crippen LogP contribution in [0.25, 0.3) is 0 Å². The number of hydrogen-bond acceptors (Lipinski definition) is 2.